The summed E-state index contributed by atoms with van der Waals surface area (Å²) >= 11 is 0. The van der Waals surface area contributed by atoms with Gasteiger partial charge in [0, 0.05) is 0 Å². The minimum absolute atomic E-state index is 0.536. The lowest BCUT2D eigenvalue weighted by molar-refractivity contribution is 0.769. The van der Waals surface area contributed by atoms with Crippen molar-refractivity contribution in [3.05, 3.63) is 609 Å². The molecule has 630 valence electrons. The van der Waals surface area contributed by atoms with E-state index in [1.165, 1.54) is 256 Å². The van der Waals surface area contributed by atoms with Crippen LogP contribution in [-0.2, 0) is 27.1 Å². The molecule has 0 amide bonds. The molecule has 22 aromatic rings. The van der Waals surface area contributed by atoms with Gasteiger partial charge in [-0.05, 0) is 327 Å². The molecule has 137 heavy (non-hydrogen) atoms. The van der Waals surface area contributed by atoms with Crippen molar-refractivity contribution in [3.63, 3.8) is 0 Å². The van der Waals surface area contributed by atoms with E-state index in [1.807, 2.05) is 0 Å². The molecule has 22 aromatic carbocycles. The molecule has 0 heterocycles. The highest BCUT2D eigenvalue weighted by atomic mass is 14.6. The van der Waals surface area contributed by atoms with Crippen molar-refractivity contribution in [1.29, 1.82) is 0 Å². The minimum atomic E-state index is -0.823. The van der Waals surface area contributed by atoms with Crippen LogP contribution >= 0.6 is 0 Å². The summed E-state index contributed by atoms with van der Waals surface area (Å²) < 4.78 is 0. The summed E-state index contributed by atoms with van der Waals surface area (Å²) in [5.74, 6) is 0. The molecule has 0 bridgehead atoms. The van der Waals surface area contributed by atoms with Gasteiger partial charge in [-0.2, -0.15) is 0 Å². The Morgan fingerprint density at radius 2 is 0.234 bits per heavy atom. The highest BCUT2D eigenvalue weighted by Crippen LogP contribution is 2.71. The average molecular weight is 1730 g/mol. The Bertz CT molecular complexity index is 8010. The molecule has 0 atom stereocenters. The summed E-state index contributed by atoms with van der Waals surface area (Å²) in [6.45, 7) is 0. The minimum Gasteiger partial charge on any atom is -0.0619 e. The summed E-state index contributed by atoms with van der Waals surface area (Å²) in [6.07, 6.45) is 0. The average Bonchev–Trinajstić information content (AvgIpc) is 1.52. The molecular weight excluding hydrogens is 1650 g/mol. The van der Waals surface area contributed by atoms with Crippen molar-refractivity contribution in [1.82, 2.24) is 0 Å². The predicted molar refractivity (Wildman–Crippen MR) is 562 cm³/mol. The molecule has 0 saturated heterocycles. The number of hydrogen-bond acceptors (Lipinski definition) is 0. The lowest BCUT2D eigenvalue weighted by atomic mass is 9.67. The van der Waals surface area contributed by atoms with Gasteiger partial charge in [-0.25, -0.2) is 0 Å². The molecule has 0 saturated carbocycles. The Kier molecular flexibility index (Phi) is 15.1. The molecule has 0 heteroatoms. The quantitative estimate of drug-likeness (QED) is 0.142. The Hall–Kier alpha value is -17.2. The monoisotopic (exact) mass is 1730 g/mol. The van der Waals surface area contributed by atoms with Gasteiger partial charge in [-0.15, -0.1) is 0 Å². The van der Waals surface area contributed by atoms with Crippen LogP contribution in [0.5, 0.6) is 0 Å². The van der Waals surface area contributed by atoms with E-state index >= 15 is 0 Å². The van der Waals surface area contributed by atoms with Crippen LogP contribution in [0.1, 0.15) is 111 Å². The zero-order valence-electron chi connectivity index (χ0n) is 74.8. The van der Waals surface area contributed by atoms with E-state index in [0.29, 0.717) is 0 Å². The molecule has 0 nitrogen and oxygen atoms in total. The predicted octanol–water partition coefficient (Wildman–Crippen LogP) is 33.4. The van der Waals surface area contributed by atoms with Crippen LogP contribution in [-0.4, -0.2) is 0 Å². The maximum atomic E-state index is 2.58. The first-order chi connectivity index (χ1) is 68.0. The third-order valence-corrected chi connectivity index (χ3v) is 33.4. The maximum Gasteiger partial charge on any atom is 0.0725 e. The fourth-order valence-corrected chi connectivity index (χ4v) is 28.6. The largest absolute Gasteiger partial charge is 0.0725 e. The van der Waals surface area contributed by atoms with Gasteiger partial charge in [-0.1, -0.05) is 449 Å². The Labute approximate surface area is 796 Å². The molecule has 0 radical (unpaired) electrons. The van der Waals surface area contributed by atoms with Gasteiger partial charge in [0.25, 0.3) is 0 Å². The zero-order chi connectivity index (χ0) is 89.4. The zero-order valence-corrected chi connectivity index (χ0v) is 74.8. The second kappa shape index (κ2) is 27.5. The van der Waals surface area contributed by atoms with E-state index in [2.05, 4.69) is 497 Å². The lowest BCUT2D eigenvalue weighted by Crippen LogP contribution is -2.28. The van der Waals surface area contributed by atoms with Gasteiger partial charge >= 0.3 is 0 Å². The molecular formula is C137H82. The van der Waals surface area contributed by atoms with Gasteiger partial charge < -0.3 is 0 Å². The van der Waals surface area contributed by atoms with E-state index in [-0.39, 0.29) is 0 Å². The van der Waals surface area contributed by atoms with Crippen LogP contribution in [0, 0.1) is 0 Å². The molecule has 0 fully saturated rings. The van der Waals surface area contributed by atoms with Crippen molar-refractivity contribution in [2.45, 2.75) is 27.1 Å². The lowest BCUT2D eigenvalue weighted by Gasteiger charge is -2.34. The van der Waals surface area contributed by atoms with E-state index in [4.69, 9.17) is 0 Å². The second-order valence-corrected chi connectivity index (χ2v) is 39.1. The smallest absolute Gasteiger partial charge is 0.0619 e. The van der Waals surface area contributed by atoms with Gasteiger partial charge in [0.1, 0.15) is 0 Å². The van der Waals surface area contributed by atoms with E-state index in [0.717, 1.165) is 22.3 Å². The van der Waals surface area contributed by atoms with Gasteiger partial charge in [0.05, 0.1) is 27.1 Å². The van der Waals surface area contributed by atoms with E-state index < -0.39 is 27.1 Å². The molecule has 0 unspecified atom stereocenters. The Morgan fingerprint density at radius 3 is 0.438 bits per heavy atom. The standard InChI is InChI=1S/C137H82/c1-15-57-111-97(39-1)98-40-2-16-58-112(98)133(111,91-37-29-35-83(81-91)85-75-87(93-53-31-71-125-129(93)107-49-11-25-67-121(107)134(125)113-59-17-3-41-99(113)100-42-4-18-60-114(100)134)79-88(76-85)94-54-32-72-126-130(94)108-50-12-26-68-122(108)135(126)115-61-19-5-43-101(115)102-44-6-20-62-116(102)135)92-38-30-36-84(82-92)86-77-89(95-55-33-73-127-131(95)109-51-13-27-69-123(109)136(127)117-63-21-7-45-103(117)104-46-8-22-64-118(104)136)80-90(78-86)96-56-34-74-128-132(96)110-52-14-28-70-124(110)137(128)119-65-23-9-47-105(119)106-48-10-24-66-120(106)137/h1-82H. The molecule has 4 spiro atoms. The Morgan fingerprint density at radius 1 is 0.0876 bits per heavy atom. The Balaban J connectivity index is 0.638. The summed E-state index contributed by atoms with van der Waals surface area (Å²) in [5, 5.41) is 0. The van der Waals surface area contributed by atoms with E-state index in [9.17, 15) is 0 Å². The SMILES string of the molecule is c1cc(-c2cc(-c3cccc4c3-c3ccccc3C43c4ccccc4-c4ccccc43)cc(-c3cccc4c3-c3ccccc3C43c4ccccc4-c4ccccc43)c2)cc(C2(c3cccc(-c4cc(-c5cccc6c5-c5ccccc5C65c6ccccc6-c6ccccc65)cc(-c5cccc6c5-c5ccccc5C65c6ccccc6-c6ccccc65)c4)c3)c3ccccc3-c3ccccc32)c1. The van der Waals surface area contributed by atoms with Crippen LogP contribution in [0.15, 0.2) is 497 Å². The summed E-state index contributed by atoms with van der Waals surface area (Å²) in [7, 11) is 0. The van der Waals surface area contributed by atoms with Crippen molar-refractivity contribution in [2.75, 3.05) is 0 Å². The van der Waals surface area contributed by atoms with Crippen molar-refractivity contribution >= 4 is 0 Å². The fourth-order valence-electron chi connectivity index (χ4n) is 28.6. The van der Waals surface area contributed by atoms with Crippen LogP contribution in [0.2, 0.25) is 0 Å². The molecule has 0 aliphatic heterocycles. The first-order valence-corrected chi connectivity index (χ1v) is 48.4. The van der Waals surface area contributed by atoms with Crippen molar-refractivity contribution in [2.24, 2.45) is 0 Å². The van der Waals surface area contributed by atoms with Gasteiger partial charge in [0.2, 0.25) is 0 Å². The highest BCUT2D eigenvalue weighted by Gasteiger charge is 2.58. The summed E-state index contributed by atoms with van der Waals surface area (Å²) in [4.78, 5) is 0. The molecule has 31 rings (SSSR count). The number of benzene rings is 22. The van der Waals surface area contributed by atoms with E-state index in [1.54, 1.807) is 0 Å². The van der Waals surface area contributed by atoms with Crippen LogP contribution in [0.25, 0.3) is 167 Å². The second-order valence-electron chi connectivity index (χ2n) is 39.1. The molecule has 9 aliphatic rings. The third kappa shape index (κ3) is 9.34. The number of fused-ring (bicyclic) bond motifs is 43. The molecule has 9 aliphatic carbocycles. The van der Waals surface area contributed by atoms with Crippen molar-refractivity contribution in [3.8, 4) is 167 Å². The van der Waals surface area contributed by atoms with Gasteiger partial charge in [0.15, 0.2) is 0 Å². The summed E-state index contributed by atoms with van der Waals surface area (Å²) in [5.41, 5.74) is 60.3. The highest BCUT2D eigenvalue weighted by molar-refractivity contribution is 6.08. The number of hydrogen-bond donors (Lipinski definition) is 0. The van der Waals surface area contributed by atoms with Crippen LogP contribution in [0.3, 0.4) is 0 Å². The third-order valence-electron chi connectivity index (χ3n) is 33.4. The van der Waals surface area contributed by atoms with Crippen molar-refractivity contribution < 1.29 is 0 Å². The first-order valence-electron chi connectivity index (χ1n) is 48.4. The topological polar surface area (TPSA) is 0 Å². The molecule has 0 aromatic heterocycles. The maximum absolute atomic E-state index is 2.58. The molecule has 0 N–H and O–H groups in total. The fraction of sp³-hybridized carbons (Fsp3) is 0.0365. The number of rotatable bonds is 8. The van der Waals surface area contributed by atoms with Crippen LogP contribution in [0.4, 0.5) is 0 Å². The first kappa shape index (κ1) is 75.4. The normalized spacial score (nSPS) is 14.9. The van der Waals surface area contributed by atoms with Gasteiger partial charge in [-0.3, -0.25) is 0 Å². The summed E-state index contributed by atoms with van der Waals surface area (Å²) in [6, 6.07) is 193. The van der Waals surface area contributed by atoms with Crippen LogP contribution < -0.4 is 0 Å².